The Hall–Kier alpha value is -0.930. The summed E-state index contributed by atoms with van der Waals surface area (Å²) in [6.07, 6.45) is 0. The molecule has 1 heterocycles. The third kappa shape index (κ3) is 2.80. The van der Waals surface area contributed by atoms with Crippen LogP contribution in [0.25, 0.3) is 5.32 Å². The Kier molecular flexibility index (Phi) is 3.56. The van der Waals surface area contributed by atoms with E-state index < -0.39 is 0 Å². The van der Waals surface area contributed by atoms with Gasteiger partial charge < -0.3 is 5.32 Å². The van der Waals surface area contributed by atoms with Crippen molar-refractivity contribution in [2.24, 2.45) is 0 Å². The highest BCUT2D eigenvalue weighted by Gasteiger charge is 2.16. The van der Waals surface area contributed by atoms with Crippen molar-refractivity contribution < 1.29 is 4.39 Å². The van der Waals surface area contributed by atoms with Crippen LogP contribution in [0.5, 0.6) is 0 Å². The molecular formula is C13H18FN2-. The molecule has 0 saturated carbocycles. The van der Waals surface area contributed by atoms with Gasteiger partial charge >= 0.3 is 0 Å². The van der Waals surface area contributed by atoms with E-state index in [1.807, 2.05) is 6.07 Å². The maximum atomic E-state index is 13.1. The van der Waals surface area contributed by atoms with E-state index in [0.29, 0.717) is 12.1 Å². The molecule has 0 aliphatic carbocycles. The molecule has 1 aliphatic rings. The fraction of sp³-hybridized carbons (Fsp3) is 0.538. The Balaban J connectivity index is 2.02. The minimum Gasteiger partial charge on any atom is -0.657 e. The average Bonchev–Trinajstić information content (AvgIpc) is 2.24. The Morgan fingerprint density at radius 2 is 2.25 bits per heavy atom. The van der Waals surface area contributed by atoms with Crippen LogP contribution in [0.1, 0.15) is 19.4 Å². The van der Waals surface area contributed by atoms with Gasteiger partial charge in [-0.25, -0.2) is 4.39 Å². The van der Waals surface area contributed by atoms with Crippen molar-refractivity contribution in [1.29, 1.82) is 0 Å². The largest absolute Gasteiger partial charge is 0.657 e. The Morgan fingerprint density at radius 1 is 1.44 bits per heavy atom. The molecule has 1 aromatic carbocycles. The second kappa shape index (κ2) is 4.93. The van der Waals surface area contributed by atoms with E-state index >= 15 is 0 Å². The number of hydrogen-bond donors (Lipinski definition) is 0. The quantitative estimate of drug-likeness (QED) is 0.750. The molecule has 2 rings (SSSR count). The molecule has 0 spiro atoms. The van der Waals surface area contributed by atoms with Crippen molar-refractivity contribution in [3.63, 3.8) is 0 Å². The number of hydrogen-bond acceptors (Lipinski definition) is 1. The number of rotatable bonds is 2. The molecule has 0 radical (unpaired) electrons. The SMILES string of the molecule is C[C@@H]1C[N-][C@@H](C)CN1Cc1cccc(F)c1. The molecule has 1 fully saturated rings. The van der Waals surface area contributed by atoms with Gasteiger partial charge in [-0.1, -0.05) is 26.0 Å². The van der Waals surface area contributed by atoms with Crippen LogP contribution in [0.2, 0.25) is 0 Å². The van der Waals surface area contributed by atoms with Gasteiger partial charge in [0.25, 0.3) is 0 Å². The molecular weight excluding hydrogens is 203 g/mol. The van der Waals surface area contributed by atoms with Crippen molar-refractivity contribution in [1.82, 2.24) is 4.90 Å². The molecule has 0 aromatic heterocycles. The predicted octanol–water partition coefficient (Wildman–Crippen LogP) is 2.79. The maximum absolute atomic E-state index is 13.1. The number of nitrogens with zero attached hydrogens (tertiary/aromatic N) is 2. The van der Waals surface area contributed by atoms with Crippen molar-refractivity contribution >= 4 is 0 Å². The van der Waals surface area contributed by atoms with Gasteiger partial charge in [0.1, 0.15) is 5.82 Å². The number of piperazine rings is 1. The summed E-state index contributed by atoms with van der Waals surface area (Å²) in [7, 11) is 0. The molecule has 1 saturated heterocycles. The lowest BCUT2D eigenvalue weighted by Gasteiger charge is -2.46. The van der Waals surface area contributed by atoms with Gasteiger partial charge in [-0.3, -0.25) is 4.90 Å². The zero-order valence-electron chi connectivity index (χ0n) is 9.86. The first-order valence-electron chi connectivity index (χ1n) is 5.80. The summed E-state index contributed by atoms with van der Waals surface area (Å²) >= 11 is 0. The van der Waals surface area contributed by atoms with Crippen LogP contribution in [0.4, 0.5) is 4.39 Å². The Morgan fingerprint density at radius 3 is 3.00 bits per heavy atom. The second-order valence-corrected chi connectivity index (χ2v) is 4.62. The van der Waals surface area contributed by atoms with Crippen molar-refractivity contribution in [3.8, 4) is 0 Å². The maximum Gasteiger partial charge on any atom is 0.123 e. The topological polar surface area (TPSA) is 17.3 Å². The van der Waals surface area contributed by atoms with Gasteiger partial charge in [0.05, 0.1) is 0 Å². The predicted molar refractivity (Wildman–Crippen MR) is 64.0 cm³/mol. The minimum atomic E-state index is -0.153. The van der Waals surface area contributed by atoms with E-state index in [0.717, 1.165) is 25.2 Å². The molecule has 1 aliphatic heterocycles. The molecule has 0 unspecified atom stereocenters. The van der Waals surface area contributed by atoms with Crippen LogP contribution in [-0.4, -0.2) is 30.1 Å². The molecule has 2 atom stereocenters. The first kappa shape index (κ1) is 11.6. The second-order valence-electron chi connectivity index (χ2n) is 4.62. The van der Waals surface area contributed by atoms with Gasteiger partial charge in [0.15, 0.2) is 0 Å². The van der Waals surface area contributed by atoms with E-state index in [4.69, 9.17) is 0 Å². The standard InChI is InChI=1S/C13H18FN2/c1-10-8-16(11(2)7-15-10)9-12-4-3-5-13(14)6-12/h3-6,10-11H,7-9H2,1-2H3/q-1/t10-,11+/m0/s1. The van der Waals surface area contributed by atoms with Gasteiger partial charge in [-0.2, -0.15) is 0 Å². The van der Waals surface area contributed by atoms with Gasteiger partial charge in [0.2, 0.25) is 0 Å². The fourth-order valence-corrected chi connectivity index (χ4v) is 2.12. The highest BCUT2D eigenvalue weighted by Crippen LogP contribution is 2.18. The van der Waals surface area contributed by atoms with E-state index in [1.54, 1.807) is 12.1 Å². The number of halogens is 1. The first-order chi connectivity index (χ1) is 7.65. The van der Waals surface area contributed by atoms with Crippen LogP contribution < -0.4 is 0 Å². The lowest BCUT2D eigenvalue weighted by molar-refractivity contribution is 0.181. The van der Waals surface area contributed by atoms with Gasteiger partial charge in [-0.15, -0.1) is 12.6 Å². The van der Waals surface area contributed by atoms with E-state index in [-0.39, 0.29) is 5.82 Å². The molecule has 16 heavy (non-hydrogen) atoms. The van der Waals surface area contributed by atoms with Crippen LogP contribution in [0.3, 0.4) is 0 Å². The van der Waals surface area contributed by atoms with Crippen LogP contribution in [0, 0.1) is 5.82 Å². The lowest BCUT2D eigenvalue weighted by atomic mass is 10.1. The molecule has 3 heteroatoms. The highest BCUT2D eigenvalue weighted by atomic mass is 19.1. The zero-order valence-corrected chi connectivity index (χ0v) is 9.86. The smallest absolute Gasteiger partial charge is 0.123 e. The monoisotopic (exact) mass is 221 g/mol. The van der Waals surface area contributed by atoms with Crippen molar-refractivity contribution in [2.75, 3.05) is 13.1 Å². The molecule has 0 bridgehead atoms. The van der Waals surface area contributed by atoms with Crippen LogP contribution in [-0.2, 0) is 6.54 Å². The summed E-state index contributed by atoms with van der Waals surface area (Å²) in [5.74, 6) is -0.153. The Bertz CT molecular complexity index is 354. The molecule has 2 nitrogen and oxygen atoms in total. The minimum absolute atomic E-state index is 0.153. The number of benzene rings is 1. The van der Waals surface area contributed by atoms with Crippen LogP contribution >= 0.6 is 0 Å². The van der Waals surface area contributed by atoms with E-state index in [9.17, 15) is 4.39 Å². The summed E-state index contributed by atoms with van der Waals surface area (Å²) in [6, 6.07) is 7.70. The summed E-state index contributed by atoms with van der Waals surface area (Å²) in [6.45, 7) is 6.98. The molecule has 88 valence electrons. The fourth-order valence-electron chi connectivity index (χ4n) is 2.12. The van der Waals surface area contributed by atoms with Gasteiger partial charge in [-0.05, 0) is 30.3 Å². The van der Waals surface area contributed by atoms with Crippen LogP contribution in [0.15, 0.2) is 24.3 Å². The third-order valence-corrected chi connectivity index (χ3v) is 3.08. The summed E-state index contributed by atoms with van der Waals surface area (Å²) in [4.78, 5) is 2.37. The molecule has 0 N–H and O–H groups in total. The summed E-state index contributed by atoms with van der Waals surface area (Å²) in [5.41, 5.74) is 1.04. The Labute approximate surface area is 96.5 Å². The molecule has 1 aromatic rings. The van der Waals surface area contributed by atoms with Crippen molar-refractivity contribution in [3.05, 3.63) is 41.0 Å². The highest BCUT2D eigenvalue weighted by molar-refractivity contribution is 5.17. The van der Waals surface area contributed by atoms with E-state index in [2.05, 4.69) is 24.1 Å². The zero-order chi connectivity index (χ0) is 11.5. The van der Waals surface area contributed by atoms with Gasteiger partial charge in [0, 0.05) is 6.54 Å². The van der Waals surface area contributed by atoms with Crippen molar-refractivity contribution in [2.45, 2.75) is 32.5 Å². The summed E-state index contributed by atoms with van der Waals surface area (Å²) < 4.78 is 13.1. The average molecular weight is 221 g/mol. The first-order valence-corrected chi connectivity index (χ1v) is 5.80. The summed E-state index contributed by atoms with van der Waals surface area (Å²) in [5, 5.41) is 4.50. The van der Waals surface area contributed by atoms with E-state index in [1.165, 1.54) is 6.07 Å². The third-order valence-electron chi connectivity index (χ3n) is 3.08. The molecule has 0 amide bonds. The lowest BCUT2D eigenvalue weighted by Crippen LogP contribution is -2.44. The normalized spacial score (nSPS) is 26.9.